The Morgan fingerprint density at radius 3 is 2.58 bits per heavy atom. The first-order chi connectivity index (χ1) is 17.2. The van der Waals surface area contributed by atoms with Crippen LogP contribution in [-0.4, -0.2) is 69.5 Å². The summed E-state index contributed by atoms with van der Waals surface area (Å²) in [5, 5.41) is 14.2. The second-order valence-electron chi connectivity index (χ2n) is 10.6. The monoisotopic (exact) mass is 518 g/mol. The van der Waals surface area contributed by atoms with Crippen molar-refractivity contribution in [1.82, 2.24) is 10.2 Å². The lowest BCUT2D eigenvalue weighted by atomic mass is 9.77. The minimum Gasteiger partial charge on any atom is -0.495 e. The van der Waals surface area contributed by atoms with Gasteiger partial charge in [0.1, 0.15) is 12.7 Å². The smallest absolute Gasteiger partial charge is 0.297 e. The number of rotatable bonds is 10. The molecule has 2 aliphatic carbocycles. The number of aliphatic hydroxyl groups is 1. The van der Waals surface area contributed by atoms with Crippen LogP contribution in [-0.2, 0) is 19.0 Å². The summed E-state index contributed by atoms with van der Waals surface area (Å²) in [6, 6.07) is 7.93. The maximum atomic E-state index is 12.3. The zero-order valence-corrected chi connectivity index (χ0v) is 22.7. The van der Waals surface area contributed by atoms with Crippen LogP contribution in [0.15, 0.2) is 52.6 Å². The van der Waals surface area contributed by atoms with Crippen LogP contribution in [0.4, 0.5) is 0 Å². The van der Waals surface area contributed by atoms with Crippen molar-refractivity contribution in [1.29, 1.82) is 0 Å². The van der Waals surface area contributed by atoms with Gasteiger partial charge in [-0.05, 0) is 83.2 Å². The highest BCUT2D eigenvalue weighted by Crippen LogP contribution is 2.36. The van der Waals surface area contributed by atoms with Crippen LogP contribution in [0.25, 0.3) is 0 Å². The van der Waals surface area contributed by atoms with Crippen LogP contribution in [0, 0.1) is 12.8 Å². The molecule has 0 spiro atoms. The predicted molar refractivity (Wildman–Crippen MR) is 141 cm³/mol. The summed E-state index contributed by atoms with van der Waals surface area (Å²) in [6.45, 7) is 4.87. The zero-order chi connectivity index (χ0) is 25.7. The highest BCUT2D eigenvalue weighted by molar-refractivity contribution is 7.86. The van der Waals surface area contributed by atoms with Crippen LogP contribution < -0.4 is 5.32 Å². The van der Waals surface area contributed by atoms with E-state index in [9.17, 15) is 13.5 Å². The molecule has 1 saturated heterocycles. The molecular formula is C28H42N2O5S. The number of aliphatic hydroxyl groups excluding tert-OH is 1. The number of hydrogen-bond acceptors (Lipinski definition) is 7. The molecule has 4 rings (SSSR count). The summed E-state index contributed by atoms with van der Waals surface area (Å²) in [5.41, 5.74) is 2.53. The van der Waals surface area contributed by atoms with Gasteiger partial charge in [0.2, 0.25) is 0 Å². The molecule has 36 heavy (non-hydrogen) atoms. The molecular weight excluding hydrogens is 476 g/mol. The number of allylic oxidation sites excluding steroid dienone is 1. The number of nitrogens with one attached hydrogen (secondary N) is 1. The summed E-state index contributed by atoms with van der Waals surface area (Å²) in [7, 11) is -1.69. The van der Waals surface area contributed by atoms with Crippen LogP contribution in [0.1, 0.15) is 57.4 Å². The third kappa shape index (κ3) is 6.98. The number of ether oxygens (including phenoxy) is 1. The van der Waals surface area contributed by atoms with Gasteiger partial charge < -0.3 is 20.1 Å². The third-order valence-electron chi connectivity index (χ3n) is 8.05. The molecule has 1 heterocycles. The maximum Gasteiger partial charge on any atom is 0.297 e. The minimum atomic E-state index is -3.91. The molecule has 0 aromatic heterocycles. The second kappa shape index (κ2) is 12.2. The molecule has 2 N–H and O–H groups in total. The van der Waals surface area contributed by atoms with E-state index >= 15 is 0 Å². The fourth-order valence-electron chi connectivity index (χ4n) is 5.57. The Labute approximate surface area is 216 Å². The van der Waals surface area contributed by atoms with E-state index in [2.05, 4.69) is 36.3 Å². The van der Waals surface area contributed by atoms with Crippen molar-refractivity contribution in [2.45, 2.75) is 87.9 Å². The van der Waals surface area contributed by atoms with Crippen molar-refractivity contribution in [3.05, 3.63) is 53.3 Å². The number of nitrogens with zero attached hydrogens (tertiary/aromatic N) is 1. The lowest BCUT2D eigenvalue weighted by molar-refractivity contribution is 0.0320. The Balaban J connectivity index is 1.23. The van der Waals surface area contributed by atoms with Crippen molar-refractivity contribution in [3.63, 3.8) is 0 Å². The molecule has 7 nitrogen and oxygen atoms in total. The molecule has 0 bridgehead atoms. The highest BCUT2D eigenvalue weighted by atomic mass is 32.2. The van der Waals surface area contributed by atoms with Crippen molar-refractivity contribution in [2.24, 2.45) is 5.92 Å². The van der Waals surface area contributed by atoms with E-state index in [0.29, 0.717) is 24.0 Å². The standard InChI is InChI=1S/C28H42N2O5S/c1-4-30(3)23-11-7-21(8-12-23)27-16-10-22-9-13-25(17-28(22)29-27)34-18-24(31)19-35-36(32,33)26-14-5-20(2)6-15-26/h5-7,13-15,22-24,27-29,31H,4,8-12,16-19H2,1-3H3/t22-,23-,24?,27?,28-/m0/s1. The van der Waals surface area contributed by atoms with E-state index in [4.69, 9.17) is 8.92 Å². The van der Waals surface area contributed by atoms with Crippen molar-refractivity contribution in [3.8, 4) is 0 Å². The van der Waals surface area contributed by atoms with E-state index in [-0.39, 0.29) is 18.1 Å². The van der Waals surface area contributed by atoms with Crippen LogP contribution >= 0.6 is 0 Å². The first kappa shape index (κ1) is 27.3. The molecule has 1 aromatic carbocycles. The van der Waals surface area contributed by atoms with Crippen molar-refractivity contribution in [2.75, 3.05) is 26.8 Å². The van der Waals surface area contributed by atoms with Gasteiger partial charge in [-0.15, -0.1) is 0 Å². The average Bonchev–Trinajstić information content (AvgIpc) is 2.90. The Kier molecular flexibility index (Phi) is 9.28. The first-order valence-electron chi connectivity index (χ1n) is 13.4. The highest BCUT2D eigenvalue weighted by Gasteiger charge is 2.35. The van der Waals surface area contributed by atoms with Gasteiger partial charge in [0.25, 0.3) is 10.1 Å². The molecule has 1 aliphatic heterocycles. The third-order valence-corrected chi connectivity index (χ3v) is 9.35. The van der Waals surface area contributed by atoms with Crippen LogP contribution in [0.3, 0.4) is 0 Å². The predicted octanol–water partition coefficient (Wildman–Crippen LogP) is 3.92. The molecule has 8 heteroatoms. The molecule has 0 amide bonds. The van der Waals surface area contributed by atoms with Gasteiger partial charge in [0, 0.05) is 24.5 Å². The van der Waals surface area contributed by atoms with Gasteiger partial charge in [-0.2, -0.15) is 8.42 Å². The van der Waals surface area contributed by atoms with E-state index < -0.39 is 16.2 Å². The number of aryl methyl sites for hydroxylation is 1. The average molecular weight is 519 g/mol. The lowest BCUT2D eigenvalue weighted by Gasteiger charge is -2.42. The van der Waals surface area contributed by atoms with Crippen LogP contribution in [0.5, 0.6) is 0 Å². The fourth-order valence-corrected chi connectivity index (χ4v) is 6.51. The quantitative estimate of drug-likeness (QED) is 0.359. The lowest BCUT2D eigenvalue weighted by Crippen LogP contribution is -2.50. The molecule has 1 fully saturated rings. The second-order valence-corrected chi connectivity index (χ2v) is 12.2. The Morgan fingerprint density at radius 1 is 1.11 bits per heavy atom. The summed E-state index contributed by atoms with van der Waals surface area (Å²) in [5.74, 6) is 1.48. The van der Waals surface area contributed by atoms with E-state index in [1.807, 2.05) is 6.92 Å². The van der Waals surface area contributed by atoms with E-state index in [1.54, 1.807) is 17.7 Å². The number of fused-ring (bicyclic) bond motifs is 1. The molecule has 2 unspecified atom stereocenters. The Morgan fingerprint density at radius 2 is 1.89 bits per heavy atom. The summed E-state index contributed by atoms with van der Waals surface area (Å²) >= 11 is 0. The summed E-state index contributed by atoms with van der Waals surface area (Å²) in [6.07, 6.45) is 11.3. The van der Waals surface area contributed by atoms with Gasteiger partial charge in [-0.1, -0.05) is 36.3 Å². The molecule has 200 valence electrons. The van der Waals surface area contributed by atoms with Gasteiger partial charge in [-0.3, -0.25) is 4.18 Å². The molecule has 3 aliphatic rings. The molecule has 0 radical (unpaired) electrons. The zero-order valence-electron chi connectivity index (χ0n) is 21.9. The van der Waals surface area contributed by atoms with Gasteiger partial charge in [0.15, 0.2) is 0 Å². The number of benzene rings is 1. The van der Waals surface area contributed by atoms with E-state index in [1.165, 1.54) is 37.8 Å². The minimum absolute atomic E-state index is 0.00749. The largest absolute Gasteiger partial charge is 0.495 e. The normalized spacial score (nSPS) is 27.7. The summed E-state index contributed by atoms with van der Waals surface area (Å²) < 4.78 is 35.6. The van der Waals surface area contributed by atoms with Gasteiger partial charge >= 0.3 is 0 Å². The Hall–Kier alpha value is -1.71. The molecule has 5 atom stereocenters. The summed E-state index contributed by atoms with van der Waals surface area (Å²) in [4.78, 5) is 2.53. The first-order valence-corrected chi connectivity index (χ1v) is 14.8. The van der Waals surface area contributed by atoms with Gasteiger partial charge in [0.05, 0.1) is 17.3 Å². The Bertz CT molecular complexity index is 1040. The SMILES string of the molecule is CCN(C)[C@H]1CC=C(C2CC[C@@H]3CC=C(OCC(O)COS(=O)(=O)c4ccc(C)cc4)C[C@@H]3N2)CC1. The maximum absolute atomic E-state index is 12.3. The molecule has 1 aromatic rings. The topological polar surface area (TPSA) is 88.1 Å². The van der Waals surface area contributed by atoms with Crippen molar-refractivity contribution < 1.29 is 22.4 Å². The number of piperidine rings is 1. The van der Waals surface area contributed by atoms with E-state index in [0.717, 1.165) is 37.1 Å². The number of hydrogen-bond donors (Lipinski definition) is 2. The van der Waals surface area contributed by atoms with Gasteiger partial charge in [-0.25, -0.2) is 0 Å². The van der Waals surface area contributed by atoms with Crippen molar-refractivity contribution >= 4 is 10.1 Å². The fraction of sp³-hybridized carbons (Fsp3) is 0.643. The molecule has 0 saturated carbocycles. The van der Waals surface area contributed by atoms with Crippen LogP contribution in [0.2, 0.25) is 0 Å².